The molecule has 1 amide bonds. The summed E-state index contributed by atoms with van der Waals surface area (Å²) in [6.07, 6.45) is 0. The van der Waals surface area contributed by atoms with Gasteiger partial charge in [-0.1, -0.05) is 6.07 Å². The molecule has 0 aliphatic heterocycles. The molecule has 0 radical (unpaired) electrons. The van der Waals surface area contributed by atoms with E-state index in [0.29, 0.717) is 10.8 Å². The summed E-state index contributed by atoms with van der Waals surface area (Å²) in [6.45, 7) is 1.81. The number of anilines is 1. The number of methoxy groups -OCH3 is 1. The molecule has 6 heteroatoms. The second kappa shape index (κ2) is 4.92. The van der Waals surface area contributed by atoms with Crippen LogP contribution in [0.4, 0.5) is 5.95 Å². The number of carbonyl (C=O) groups is 1. The molecular weight excluding hydrogens is 238 g/mol. The fourth-order valence-corrected chi connectivity index (χ4v) is 1.89. The summed E-state index contributed by atoms with van der Waals surface area (Å²) in [5, 5.41) is 4.47. The van der Waals surface area contributed by atoms with E-state index in [1.54, 1.807) is 12.1 Å². The van der Waals surface area contributed by atoms with Crippen LogP contribution in [0, 0.1) is 6.92 Å². The van der Waals surface area contributed by atoms with Crippen molar-refractivity contribution in [3.63, 3.8) is 0 Å². The smallest absolute Gasteiger partial charge is 0.268 e. The third-order valence-electron chi connectivity index (χ3n) is 2.01. The minimum Gasteiger partial charge on any atom is -0.481 e. The molecule has 0 bridgehead atoms. The number of nitrogens with zero attached hydrogens (tertiary/aromatic N) is 2. The Morgan fingerprint density at radius 1 is 1.47 bits per heavy atom. The molecule has 0 fully saturated rings. The van der Waals surface area contributed by atoms with Crippen molar-refractivity contribution in [3.05, 3.63) is 34.2 Å². The summed E-state index contributed by atoms with van der Waals surface area (Å²) in [7, 11) is 1.52. The van der Waals surface area contributed by atoms with Crippen molar-refractivity contribution in [1.29, 1.82) is 0 Å². The van der Waals surface area contributed by atoms with Gasteiger partial charge in [-0.25, -0.2) is 4.98 Å². The van der Waals surface area contributed by atoms with Crippen LogP contribution in [0.25, 0.3) is 0 Å². The Labute approximate surface area is 102 Å². The number of hydrogen-bond donors (Lipinski definition) is 1. The van der Waals surface area contributed by atoms with Crippen LogP contribution in [0.15, 0.2) is 23.6 Å². The predicted octanol–water partition coefficient (Wildman–Crippen LogP) is 2.11. The number of amides is 1. The first-order chi connectivity index (χ1) is 8.19. The van der Waals surface area contributed by atoms with Gasteiger partial charge in [0.1, 0.15) is 0 Å². The summed E-state index contributed by atoms with van der Waals surface area (Å²) in [5.41, 5.74) is 0.735. The van der Waals surface area contributed by atoms with Crippen molar-refractivity contribution in [2.75, 3.05) is 12.4 Å². The van der Waals surface area contributed by atoms with Gasteiger partial charge in [0.15, 0.2) is 0 Å². The van der Waals surface area contributed by atoms with Gasteiger partial charge in [-0.05, 0) is 18.4 Å². The zero-order valence-corrected chi connectivity index (χ0v) is 10.2. The van der Waals surface area contributed by atoms with Crippen molar-refractivity contribution in [2.24, 2.45) is 0 Å². The molecule has 0 aliphatic rings. The predicted molar refractivity (Wildman–Crippen MR) is 65.6 cm³/mol. The lowest BCUT2D eigenvalue weighted by Crippen LogP contribution is -2.13. The average molecular weight is 249 g/mol. The lowest BCUT2D eigenvalue weighted by Gasteiger charge is -2.05. The van der Waals surface area contributed by atoms with Crippen LogP contribution in [-0.2, 0) is 0 Å². The highest BCUT2D eigenvalue weighted by atomic mass is 32.1. The highest BCUT2D eigenvalue weighted by Crippen LogP contribution is 2.14. The zero-order chi connectivity index (χ0) is 12.3. The summed E-state index contributed by atoms with van der Waals surface area (Å²) in [5.74, 6) is 0.465. The van der Waals surface area contributed by atoms with E-state index in [4.69, 9.17) is 4.74 Å². The molecule has 0 saturated heterocycles. The number of hydrogen-bond acceptors (Lipinski definition) is 5. The number of ether oxygens (including phenoxy) is 1. The first-order valence-corrected chi connectivity index (χ1v) is 5.81. The Kier molecular flexibility index (Phi) is 3.34. The van der Waals surface area contributed by atoms with Crippen LogP contribution in [-0.4, -0.2) is 23.0 Å². The number of aromatic nitrogens is 2. The topological polar surface area (TPSA) is 64.1 Å². The summed E-state index contributed by atoms with van der Waals surface area (Å²) >= 11 is 1.37. The van der Waals surface area contributed by atoms with E-state index in [0.717, 1.165) is 5.69 Å². The van der Waals surface area contributed by atoms with Gasteiger partial charge in [-0.2, -0.15) is 4.98 Å². The lowest BCUT2D eigenvalue weighted by molar-refractivity contribution is 0.102. The fourth-order valence-electron chi connectivity index (χ4n) is 1.27. The van der Waals surface area contributed by atoms with Gasteiger partial charge in [-0.3, -0.25) is 10.1 Å². The molecule has 0 aliphatic carbocycles. The van der Waals surface area contributed by atoms with Crippen LogP contribution in [0.2, 0.25) is 0 Å². The second-order valence-electron chi connectivity index (χ2n) is 3.31. The molecule has 17 heavy (non-hydrogen) atoms. The van der Waals surface area contributed by atoms with Crippen molar-refractivity contribution in [3.8, 4) is 5.88 Å². The van der Waals surface area contributed by atoms with Gasteiger partial charge in [0, 0.05) is 11.8 Å². The normalized spacial score (nSPS) is 10.0. The molecule has 0 unspecified atom stereocenters. The fraction of sp³-hybridized carbons (Fsp3) is 0.182. The maximum absolute atomic E-state index is 11.8. The van der Waals surface area contributed by atoms with Crippen LogP contribution in [0.3, 0.4) is 0 Å². The summed E-state index contributed by atoms with van der Waals surface area (Å²) < 4.78 is 5.01. The Balaban J connectivity index is 2.18. The molecule has 2 heterocycles. The molecule has 2 aromatic heterocycles. The third-order valence-corrected chi connectivity index (χ3v) is 2.88. The van der Waals surface area contributed by atoms with Crippen molar-refractivity contribution in [2.45, 2.75) is 6.92 Å². The van der Waals surface area contributed by atoms with Gasteiger partial charge in [0.05, 0.1) is 12.0 Å². The molecule has 5 nitrogen and oxygen atoms in total. The van der Waals surface area contributed by atoms with E-state index >= 15 is 0 Å². The molecule has 1 N–H and O–H groups in total. The Bertz CT molecular complexity index is 526. The minimum absolute atomic E-state index is 0.215. The standard InChI is InChI=1S/C11H11N3O2S/c1-7-6-9(16-2)13-11(12-7)14-10(15)8-4-3-5-17-8/h3-6H,1-2H3,(H,12,13,14,15). The monoisotopic (exact) mass is 249 g/mol. The van der Waals surface area contributed by atoms with E-state index in [2.05, 4.69) is 15.3 Å². The third kappa shape index (κ3) is 2.79. The van der Waals surface area contributed by atoms with E-state index in [1.807, 2.05) is 18.4 Å². The Morgan fingerprint density at radius 3 is 2.94 bits per heavy atom. The Hall–Kier alpha value is -1.95. The number of thiophene rings is 1. The number of nitrogens with one attached hydrogen (secondary N) is 1. The number of rotatable bonds is 3. The number of carbonyl (C=O) groups excluding carboxylic acids is 1. The highest BCUT2D eigenvalue weighted by molar-refractivity contribution is 7.12. The number of aryl methyl sites for hydroxylation is 1. The van der Waals surface area contributed by atoms with Crippen molar-refractivity contribution >= 4 is 23.2 Å². The zero-order valence-electron chi connectivity index (χ0n) is 9.43. The highest BCUT2D eigenvalue weighted by Gasteiger charge is 2.09. The van der Waals surface area contributed by atoms with E-state index < -0.39 is 0 Å². The molecule has 0 spiro atoms. The van der Waals surface area contributed by atoms with Crippen molar-refractivity contribution in [1.82, 2.24) is 9.97 Å². The van der Waals surface area contributed by atoms with Crippen LogP contribution in [0.5, 0.6) is 5.88 Å². The molecule has 2 aromatic rings. The first-order valence-electron chi connectivity index (χ1n) is 4.93. The maximum atomic E-state index is 11.8. The molecule has 2 rings (SSSR count). The minimum atomic E-state index is -0.215. The summed E-state index contributed by atoms with van der Waals surface area (Å²) in [6, 6.07) is 5.26. The van der Waals surface area contributed by atoms with E-state index in [9.17, 15) is 4.79 Å². The Morgan fingerprint density at radius 2 is 2.29 bits per heavy atom. The van der Waals surface area contributed by atoms with Gasteiger partial charge in [0.25, 0.3) is 5.91 Å². The van der Waals surface area contributed by atoms with E-state index in [1.165, 1.54) is 18.4 Å². The lowest BCUT2D eigenvalue weighted by atomic mass is 10.4. The van der Waals surface area contributed by atoms with E-state index in [-0.39, 0.29) is 11.9 Å². The van der Waals surface area contributed by atoms with Crippen molar-refractivity contribution < 1.29 is 9.53 Å². The molecule has 0 saturated carbocycles. The van der Waals surface area contributed by atoms with Crippen LogP contribution >= 0.6 is 11.3 Å². The first kappa shape index (κ1) is 11.5. The van der Waals surface area contributed by atoms with Gasteiger partial charge in [-0.15, -0.1) is 11.3 Å². The average Bonchev–Trinajstić information content (AvgIpc) is 2.81. The van der Waals surface area contributed by atoms with Crippen LogP contribution in [0.1, 0.15) is 15.4 Å². The molecule has 88 valence electrons. The quantitative estimate of drug-likeness (QED) is 0.904. The van der Waals surface area contributed by atoms with Crippen LogP contribution < -0.4 is 10.1 Å². The largest absolute Gasteiger partial charge is 0.481 e. The van der Waals surface area contributed by atoms with Gasteiger partial charge < -0.3 is 4.74 Å². The summed E-state index contributed by atoms with van der Waals surface area (Å²) in [4.78, 5) is 20.5. The maximum Gasteiger partial charge on any atom is 0.268 e. The second-order valence-corrected chi connectivity index (χ2v) is 4.25. The van der Waals surface area contributed by atoms with Gasteiger partial charge >= 0.3 is 0 Å². The molecule has 0 aromatic carbocycles. The molecular formula is C11H11N3O2S. The molecule has 0 atom stereocenters. The van der Waals surface area contributed by atoms with Gasteiger partial charge in [0.2, 0.25) is 11.8 Å². The SMILES string of the molecule is COc1cc(C)nc(NC(=O)c2cccs2)n1.